The summed E-state index contributed by atoms with van der Waals surface area (Å²) in [5, 5.41) is 16.3. The van der Waals surface area contributed by atoms with Crippen LogP contribution in [0.1, 0.15) is 15.9 Å². The van der Waals surface area contributed by atoms with Gasteiger partial charge < -0.3 is 5.32 Å². The second-order valence-electron chi connectivity index (χ2n) is 4.75. The second-order valence-corrected chi connectivity index (χ2v) is 5.16. The van der Waals surface area contributed by atoms with Crippen LogP contribution >= 0.6 is 12.2 Å². The molecule has 0 aliphatic heterocycles. The highest BCUT2D eigenvalue weighted by molar-refractivity contribution is 7.80. The molecule has 0 atom stereocenters. The Morgan fingerprint density at radius 3 is 2.35 bits per heavy atom. The third-order valence-corrected chi connectivity index (χ3v) is 3.36. The van der Waals surface area contributed by atoms with Gasteiger partial charge in [0.15, 0.2) is 5.11 Å². The van der Waals surface area contributed by atoms with Gasteiger partial charge in [-0.05, 0) is 36.3 Å². The van der Waals surface area contributed by atoms with Gasteiger partial charge in [-0.1, -0.05) is 30.3 Å². The molecule has 0 aliphatic carbocycles. The van der Waals surface area contributed by atoms with E-state index >= 15 is 0 Å². The van der Waals surface area contributed by atoms with Crippen molar-refractivity contribution in [3.05, 3.63) is 75.8 Å². The van der Waals surface area contributed by atoms with Gasteiger partial charge in [-0.25, -0.2) is 0 Å². The number of nitrogens with zero attached hydrogens (tertiary/aromatic N) is 1. The van der Waals surface area contributed by atoms with Crippen LogP contribution in [0.3, 0.4) is 0 Å². The van der Waals surface area contributed by atoms with Crippen LogP contribution < -0.4 is 10.6 Å². The number of carbonyl (C=O) groups excluding carboxylic acids is 1. The summed E-state index contributed by atoms with van der Waals surface area (Å²) in [6.07, 6.45) is 0.786. The number of nitrogens with one attached hydrogen (secondary N) is 2. The third-order valence-electron chi connectivity index (χ3n) is 3.11. The molecule has 118 valence electrons. The first-order valence-corrected chi connectivity index (χ1v) is 7.34. The summed E-state index contributed by atoms with van der Waals surface area (Å²) in [7, 11) is 0. The maximum atomic E-state index is 12.0. The molecule has 2 aromatic rings. The SMILES string of the molecule is O=C(NC(=S)NCCc1ccccc1)c1ccc([N+](=O)[O-])cc1. The Hall–Kier alpha value is -2.80. The van der Waals surface area contributed by atoms with Crippen molar-refractivity contribution in [3.63, 3.8) is 0 Å². The molecule has 0 heterocycles. The van der Waals surface area contributed by atoms with E-state index in [0.717, 1.165) is 6.42 Å². The highest BCUT2D eigenvalue weighted by Crippen LogP contribution is 2.11. The van der Waals surface area contributed by atoms with Crippen molar-refractivity contribution >= 4 is 28.9 Å². The normalized spacial score (nSPS) is 9.91. The predicted octanol–water partition coefficient (Wildman–Crippen LogP) is 2.44. The van der Waals surface area contributed by atoms with E-state index in [0.29, 0.717) is 12.1 Å². The summed E-state index contributed by atoms with van der Waals surface area (Å²) in [6, 6.07) is 15.2. The van der Waals surface area contributed by atoms with E-state index in [9.17, 15) is 14.9 Å². The minimum absolute atomic E-state index is 0.0647. The first-order chi connectivity index (χ1) is 11.1. The van der Waals surface area contributed by atoms with Gasteiger partial charge in [-0.15, -0.1) is 0 Å². The van der Waals surface area contributed by atoms with Crippen LogP contribution in [0.15, 0.2) is 54.6 Å². The smallest absolute Gasteiger partial charge is 0.269 e. The van der Waals surface area contributed by atoms with Crippen molar-refractivity contribution in [2.24, 2.45) is 0 Å². The zero-order chi connectivity index (χ0) is 16.7. The molecule has 7 heteroatoms. The Balaban J connectivity index is 1.80. The van der Waals surface area contributed by atoms with Gasteiger partial charge in [-0.3, -0.25) is 20.2 Å². The number of carbonyl (C=O) groups is 1. The van der Waals surface area contributed by atoms with Gasteiger partial charge in [-0.2, -0.15) is 0 Å². The number of nitro groups is 1. The summed E-state index contributed by atoms with van der Waals surface area (Å²) < 4.78 is 0. The van der Waals surface area contributed by atoms with Crippen molar-refractivity contribution in [2.45, 2.75) is 6.42 Å². The molecule has 1 amide bonds. The van der Waals surface area contributed by atoms with Gasteiger partial charge in [0.1, 0.15) is 0 Å². The highest BCUT2D eigenvalue weighted by atomic mass is 32.1. The standard InChI is InChI=1S/C16H15N3O3S/c20-15(13-6-8-14(9-7-13)19(21)22)18-16(23)17-11-10-12-4-2-1-3-5-12/h1-9H,10-11H2,(H2,17,18,20,23). The van der Waals surface area contributed by atoms with Gasteiger partial charge in [0, 0.05) is 24.2 Å². The van der Waals surface area contributed by atoms with Gasteiger partial charge in [0.2, 0.25) is 0 Å². The second kappa shape index (κ2) is 8.00. The number of amides is 1. The Bertz CT molecular complexity index is 702. The van der Waals surface area contributed by atoms with Crippen molar-refractivity contribution < 1.29 is 9.72 Å². The largest absolute Gasteiger partial charge is 0.362 e. The lowest BCUT2D eigenvalue weighted by molar-refractivity contribution is -0.384. The molecule has 0 fully saturated rings. The van der Waals surface area contributed by atoms with Crippen LogP contribution in [0.2, 0.25) is 0 Å². The van der Waals surface area contributed by atoms with E-state index in [1.807, 2.05) is 30.3 Å². The third kappa shape index (κ3) is 5.15. The van der Waals surface area contributed by atoms with E-state index in [1.165, 1.54) is 29.8 Å². The lowest BCUT2D eigenvalue weighted by Gasteiger charge is -2.09. The first kappa shape index (κ1) is 16.6. The molecule has 0 bridgehead atoms. The molecule has 0 aromatic heterocycles. The number of benzene rings is 2. The molecule has 2 N–H and O–H groups in total. The maximum absolute atomic E-state index is 12.0. The molecule has 0 aliphatic rings. The van der Waals surface area contributed by atoms with E-state index in [1.54, 1.807) is 0 Å². The summed E-state index contributed by atoms with van der Waals surface area (Å²) in [6.45, 7) is 0.601. The summed E-state index contributed by atoms with van der Waals surface area (Å²) >= 11 is 5.06. The van der Waals surface area contributed by atoms with E-state index in [2.05, 4.69) is 10.6 Å². The highest BCUT2D eigenvalue weighted by Gasteiger charge is 2.10. The van der Waals surface area contributed by atoms with E-state index < -0.39 is 10.8 Å². The molecule has 2 rings (SSSR count). The fourth-order valence-electron chi connectivity index (χ4n) is 1.92. The van der Waals surface area contributed by atoms with E-state index in [-0.39, 0.29) is 10.8 Å². The molecule has 0 unspecified atom stereocenters. The molecule has 0 spiro atoms. The Morgan fingerprint density at radius 2 is 1.74 bits per heavy atom. The fraction of sp³-hybridized carbons (Fsp3) is 0.125. The lowest BCUT2D eigenvalue weighted by atomic mass is 10.1. The van der Waals surface area contributed by atoms with Gasteiger partial charge >= 0.3 is 0 Å². The minimum atomic E-state index is -0.516. The van der Waals surface area contributed by atoms with E-state index in [4.69, 9.17) is 12.2 Å². The van der Waals surface area contributed by atoms with Crippen molar-refractivity contribution in [2.75, 3.05) is 6.54 Å². The number of hydrogen-bond acceptors (Lipinski definition) is 4. The van der Waals surface area contributed by atoms with Crippen LogP contribution in [0.5, 0.6) is 0 Å². The average molecular weight is 329 g/mol. The topological polar surface area (TPSA) is 84.3 Å². The molecular weight excluding hydrogens is 314 g/mol. The molecule has 6 nitrogen and oxygen atoms in total. The van der Waals surface area contributed by atoms with Crippen LogP contribution in [-0.2, 0) is 6.42 Å². The van der Waals surface area contributed by atoms with Gasteiger partial charge in [0.25, 0.3) is 11.6 Å². The first-order valence-electron chi connectivity index (χ1n) is 6.94. The van der Waals surface area contributed by atoms with Gasteiger partial charge in [0.05, 0.1) is 4.92 Å². The molecule has 2 aromatic carbocycles. The summed E-state index contributed by atoms with van der Waals surface area (Å²) in [4.78, 5) is 22.0. The minimum Gasteiger partial charge on any atom is -0.362 e. The maximum Gasteiger partial charge on any atom is 0.269 e. The average Bonchev–Trinajstić information content (AvgIpc) is 2.56. The lowest BCUT2D eigenvalue weighted by Crippen LogP contribution is -2.40. The number of thiocarbonyl (C=S) groups is 1. The van der Waals surface area contributed by atoms with Crippen molar-refractivity contribution in [1.82, 2.24) is 10.6 Å². The fourth-order valence-corrected chi connectivity index (χ4v) is 2.11. The van der Waals surface area contributed by atoms with Crippen LogP contribution in [-0.4, -0.2) is 22.5 Å². The number of hydrogen-bond donors (Lipinski definition) is 2. The van der Waals surface area contributed by atoms with Crippen LogP contribution in [0.25, 0.3) is 0 Å². The Morgan fingerprint density at radius 1 is 1.09 bits per heavy atom. The predicted molar refractivity (Wildman–Crippen MR) is 91.3 cm³/mol. The quantitative estimate of drug-likeness (QED) is 0.500. The molecule has 0 radical (unpaired) electrons. The van der Waals surface area contributed by atoms with Crippen molar-refractivity contribution in [1.29, 1.82) is 0 Å². The van der Waals surface area contributed by atoms with Crippen LogP contribution in [0.4, 0.5) is 5.69 Å². The molecule has 23 heavy (non-hydrogen) atoms. The summed E-state index contributed by atoms with van der Waals surface area (Å²) in [5.74, 6) is -0.405. The summed E-state index contributed by atoms with van der Waals surface area (Å²) in [5.41, 5.74) is 1.41. The zero-order valence-corrected chi connectivity index (χ0v) is 13.0. The van der Waals surface area contributed by atoms with Crippen molar-refractivity contribution in [3.8, 4) is 0 Å². The molecule has 0 saturated heterocycles. The Kier molecular flexibility index (Phi) is 5.76. The number of nitro benzene ring substituents is 1. The number of rotatable bonds is 5. The van der Waals surface area contributed by atoms with Crippen LogP contribution in [0, 0.1) is 10.1 Å². The molecule has 0 saturated carbocycles. The zero-order valence-electron chi connectivity index (χ0n) is 12.2. The number of non-ortho nitro benzene ring substituents is 1. The monoisotopic (exact) mass is 329 g/mol. The molecular formula is C16H15N3O3S. The Labute approximate surface area is 138 Å².